The zero-order valence-corrected chi connectivity index (χ0v) is 18.5. The molecule has 1 N–H and O–H groups in total. The van der Waals surface area contributed by atoms with Crippen molar-refractivity contribution < 1.29 is 14.3 Å². The van der Waals surface area contributed by atoms with Crippen molar-refractivity contribution in [3.05, 3.63) is 59.7 Å². The van der Waals surface area contributed by atoms with Crippen LogP contribution in [0.4, 0.5) is 0 Å². The third kappa shape index (κ3) is 5.38. The van der Waals surface area contributed by atoms with Crippen LogP contribution < -0.4 is 14.8 Å². The van der Waals surface area contributed by atoms with Gasteiger partial charge >= 0.3 is 0 Å². The Morgan fingerprint density at radius 3 is 2.52 bits per heavy atom. The molecule has 31 heavy (non-hydrogen) atoms. The molecule has 0 unspecified atom stereocenters. The van der Waals surface area contributed by atoms with Crippen LogP contribution >= 0.6 is 0 Å². The molecule has 0 bridgehead atoms. The lowest BCUT2D eigenvalue weighted by atomic mass is 9.96. The zero-order valence-electron chi connectivity index (χ0n) is 18.5. The van der Waals surface area contributed by atoms with Crippen molar-refractivity contribution in [3.63, 3.8) is 0 Å². The average molecular weight is 424 g/mol. The van der Waals surface area contributed by atoms with Crippen LogP contribution in [0.1, 0.15) is 37.3 Å². The monoisotopic (exact) mass is 423 g/mol. The first-order chi connectivity index (χ1) is 15.1. The maximum Gasteiger partial charge on any atom is 0.237 e. The number of amides is 1. The van der Waals surface area contributed by atoms with E-state index in [0.717, 1.165) is 50.6 Å². The van der Waals surface area contributed by atoms with E-state index in [1.165, 1.54) is 11.1 Å². The van der Waals surface area contributed by atoms with Gasteiger partial charge in [0.15, 0.2) is 11.5 Å². The lowest BCUT2D eigenvalue weighted by molar-refractivity contribution is -0.126. The maximum absolute atomic E-state index is 12.8. The molecule has 1 fully saturated rings. The number of carbonyl (C=O) groups is 1. The number of nitrogens with one attached hydrogen (secondary N) is 1. The van der Waals surface area contributed by atoms with Crippen LogP contribution in [0, 0.1) is 0 Å². The minimum absolute atomic E-state index is 0.110. The molecule has 0 radical (unpaired) electrons. The Hall–Kier alpha value is -2.57. The van der Waals surface area contributed by atoms with Crippen LogP contribution in [0.15, 0.2) is 48.5 Å². The molecular formula is C25H33N3O3. The molecule has 1 saturated heterocycles. The minimum Gasteiger partial charge on any atom is -0.454 e. The van der Waals surface area contributed by atoms with Gasteiger partial charge in [0.25, 0.3) is 0 Å². The van der Waals surface area contributed by atoms with E-state index in [0.29, 0.717) is 19.3 Å². The number of hydrogen-bond acceptors (Lipinski definition) is 5. The number of hydrogen-bond donors (Lipinski definition) is 1. The number of ether oxygens (including phenoxy) is 2. The van der Waals surface area contributed by atoms with Gasteiger partial charge in [0.1, 0.15) is 0 Å². The Morgan fingerprint density at radius 2 is 1.77 bits per heavy atom. The van der Waals surface area contributed by atoms with Crippen molar-refractivity contribution in [2.75, 3.05) is 39.5 Å². The molecule has 2 aliphatic heterocycles. The lowest BCUT2D eigenvalue weighted by Gasteiger charge is -2.37. The molecule has 2 atom stereocenters. The first kappa shape index (κ1) is 21.7. The van der Waals surface area contributed by atoms with Crippen molar-refractivity contribution in [2.45, 2.75) is 38.8 Å². The fourth-order valence-electron chi connectivity index (χ4n) is 4.37. The number of carbonyl (C=O) groups excluding carboxylic acids is 1. The predicted octanol–water partition coefficient (Wildman–Crippen LogP) is 3.23. The fraction of sp³-hybridized carbons (Fsp3) is 0.480. The predicted molar refractivity (Wildman–Crippen MR) is 121 cm³/mol. The average Bonchev–Trinajstić information content (AvgIpc) is 3.28. The number of rotatable bonds is 8. The van der Waals surface area contributed by atoms with Gasteiger partial charge in [-0.15, -0.1) is 0 Å². The van der Waals surface area contributed by atoms with Gasteiger partial charge in [0, 0.05) is 45.2 Å². The van der Waals surface area contributed by atoms with Gasteiger partial charge in [-0.1, -0.05) is 43.3 Å². The number of benzene rings is 2. The molecule has 4 rings (SSSR count). The SMILES string of the molecule is CC[C@H](CNC(=O)[C@H](C)N1CCN(Cc2ccc3c(c2)OCO3)CC1)c1ccccc1. The molecule has 2 heterocycles. The van der Waals surface area contributed by atoms with E-state index in [1.54, 1.807) is 0 Å². The van der Waals surface area contributed by atoms with Crippen molar-refractivity contribution in [1.29, 1.82) is 0 Å². The molecule has 0 spiro atoms. The van der Waals surface area contributed by atoms with Gasteiger partial charge in [0.2, 0.25) is 12.7 Å². The molecule has 2 aliphatic rings. The van der Waals surface area contributed by atoms with Crippen LogP contribution in [-0.2, 0) is 11.3 Å². The summed E-state index contributed by atoms with van der Waals surface area (Å²) >= 11 is 0. The maximum atomic E-state index is 12.8. The lowest BCUT2D eigenvalue weighted by Crippen LogP contribution is -2.53. The van der Waals surface area contributed by atoms with E-state index < -0.39 is 0 Å². The van der Waals surface area contributed by atoms with Gasteiger partial charge < -0.3 is 14.8 Å². The summed E-state index contributed by atoms with van der Waals surface area (Å²) in [6.07, 6.45) is 1.01. The van der Waals surface area contributed by atoms with Gasteiger partial charge in [-0.25, -0.2) is 0 Å². The Labute approximate surface area is 185 Å². The van der Waals surface area contributed by atoms with Crippen LogP contribution in [0.2, 0.25) is 0 Å². The highest BCUT2D eigenvalue weighted by Gasteiger charge is 2.26. The zero-order chi connectivity index (χ0) is 21.6. The molecular weight excluding hydrogens is 390 g/mol. The third-order valence-corrected chi connectivity index (χ3v) is 6.46. The standard InChI is InChI=1S/C25H33N3O3/c1-3-21(22-7-5-4-6-8-22)16-26-25(29)19(2)28-13-11-27(12-14-28)17-20-9-10-23-24(15-20)31-18-30-23/h4-10,15,19,21H,3,11-14,16-18H2,1-2H3,(H,26,29)/t19-,21+/m0/s1. The summed E-state index contributed by atoms with van der Waals surface area (Å²) in [4.78, 5) is 17.5. The van der Waals surface area contributed by atoms with E-state index in [9.17, 15) is 4.79 Å². The molecule has 2 aromatic rings. The van der Waals surface area contributed by atoms with E-state index in [-0.39, 0.29) is 11.9 Å². The number of nitrogens with zero attached hydrogens (tertiary/aromatic N) is 2. The van der Waals surface area contributed by atoms with Crippen LogP contribution in [0.5, 0.6) is 11.5 Å². The molecule has 0 saturated carbocycles. The summed E-state index contributed by atoms with van der Waals surface area (Å²) in [5.74, 6) is 2.14. The van der Waals surface area contributed by atoms with E-state index >= 15 is 0 Å². The first-order valence-electron chi connectivity index (χ1n) is 11.3. The second-order valence-corrected chi connectivity index (χ2v) is 8.44. The van der Waals surface area contributed by atoms with Gasteiger partial charge in [-0.2, -0.15) is 0 Å². The Bertz CT molecular complexity index is 866. The second-order valence-electron chi connectivity index (χ2n) is 8.44. The van der Waals surface area contributed by atoms with E-state index in [1.807, 2.05) is 19.1 Å². The molecule has 166 valence electrons. The van der Waals surface area contributed by atoms with Gasteiger partial charge in [-0.05, 0) is 36.6 Å². The fourth-order valence-corrected chi connectivity index (χ4v) is 4.37. The summed E-state index contributed by atoms with van der Waals surface area (Å²) in [7, 11) is 0. The Kier molecular flexibility index (Phi) is 7.10. The third-order valence-electron chi connectivity index (χ3n) is 6.46. The van der Waals surface area contributed by atoms with Crippen molar-refractivity contribution in [1.82, 2.24) is 15.1 Å². The Balaban J connectivity index is 1.23. The van der Waals surface area contributed by atoms with E-state index in [2.05, 4.69) is 58.4 Å². The van der Waals surface area contributed by atoms with Crippen LogP contribution in [0.25, 0.3) is 0 Å². The minimum atomic E-state index is -0.110. The summed E-state index contributed by atoms with van der Waals surface area (Å²) in [6, 6.07) is 16.5. The summed E-state index contributed by atoms with van der Waals surface area (Å²) in [5, 5.41) is 3.18. The van der Waals surface area contributed by atoms with Crippen molar-refractivity contribution in [2.24, 2.45) is 0 Å². The highest BCUT2D eigenvalue weighted by atomic mass is 16.7. The van der Waals surface area contributed by atoms with Gasteiger partial charge in [0.05, 0.1) is 6.04 Å². The number of fused-ring (bicyclic) bond motifs is 1. The number of piperazine rings is 1. The summed E-state index contributed by atoms with van der Waals surface area (Å²) in [6.45, 7) is 9.78. The largest absolute Gasteiger partial charge is 0.454 e. The second kappa shape index (κ2) is 10.2. The van der Waals surface area contributed by atoms with Crippen molar-refractivity contribution >= 4 is 5.91 Å². The molecule has 6 nitrogen and oxygen atoms in total. The topological polar surface area (TPSA) is 54.0 Å². The van der Waals surface area contributed by atoms with Crippen molar-refractivity contribution in [3.8, 4) is 11.5 Å². The highest BCUT2D eigenvalue weighted by Crippen LogP contribution is 2.32. The van der Waals surface area contributed by atoms with E-state index in [4.69, 9.17) is 9.47 Å². The van der Waals surface area contributed by atoms with Crippen LogP contribution in [0.3, 0.4) is 0 Å². The molecule has 0 aliphatic carbocycles. The molecule has 1 amide bonds. The highest BCUT2D eigenvalue weighted by molar-refractivity contribution is 5.81. The molecule has 0 aromatic heterocycles. The normalized spacial score (nSPS) is 18.5. The summed E-state index contributed by atoms with van der Waals surface area (Å²) in [5.41, 5.74) is 2.52. The first-order valence-corrected chi connectivity index (χ1v) is 11.3. The smallest absolute Gasteiger partial charge is 0.237 e. The van der Waals surface area contributed by atoms with Gasteiger partial charge in [-0.3, -0.25) is 14.6 Å². The quantitative estimate of drug-likeness (QED) is 0.707. The summed E-state index contributed by atoms with van der Waals surface area (Å²) < 4.78 is 10.9. The molecule has 6 heteroatoms. The Morgan fingerprint density at radius 1 is 1.03 bits per heavy atom. The molecule has 2 aromatic carbocycles. The van der Waals surface area contributed by atoms with Crippen LogP contribution in [-0.4, -0.2) is 61.3 Å².